The molecule has 0 atom stereocenters. The number of hydrogen-bond donors (Lipinski definition) is 1. The van der Waals surface area contributed by atoms with Crippen LogP contribution in [0.3, 0.4) is 0 Å². The number of aromatic nitrogens is 3. The number of benzene rings is 1. The lowest BCUT2D eigenvalue weighted by atomic mass is 10.2. The van der Waals surface area contributed by atoms with Crippen molar-refractivity contribution >= 4 is 6.03 Å². The first-order chi connectivity index (χ1) is 9.29. The van der Waals surface area contributed by atoms with Crippen LogP contribution in [0.4, 0.5) is 4.79 Å². The van der Waals surface area contributed by atoms with Crippen molar-refractivity contribution in [2.75, 3.05) is 6.54 Å². The summed E-state index contributed by atoms with van der Waals surface area (Å²) in [5.41, 5.74) is 2.97. The van der Waals surface area contributed by atoms with E-state index in [0.717, 1.165) is 16.9 Å². The number of amides is 2. The van der Waals surface area contributed by atoms with E-state index in [-0.39, 0.29) is 6.03 Å². The fourth-order valence-corrected chi connectivity index (χ4v) is 2.28. The molecule has 3 rings (SSSR count). The molecule has 0 saturated heterocycles. The van der Waals surface area contributed by atoms with Gasteiger partial charge in [-0.05, 0) is 18.6 Å². The third-order valence-corrected chi connectivity index (χ3v) is 3.17. The van der Waals surface area contributed by atoms with Gasteiger partial charge in [0.15, 0.2) is 0 Å². The molecule has 0 saturated carbocycles. The van der Waals surface area contributed by atoms with Crippen LogP contribution in [0.2, 0.25) is 0 Å². The van der Waals surface area contributed by atoms with E-state index in [2.05, 4.69) is 15.6 Å². The standard InChI is InChI=1S/C13H15N5O/c1-2-14-13(19)17-8-10-5-3-4-6-12(10)18-11(9-17)7-15-16-18/h3-7H,2,8-9H2,1H3,(H,14,19). The maximum absolute atomic E-state index is 12.1. The van der Waals surface area contributed by atoms with Crippen molar-refractivity contribution in [3.05, 3.63) is 41.7 Å². The van der Waals surface area contributed by atoms with Crippen molar-refractivity contribution in [2.45, 2.75) is 20.0 Å². The Morgan fingerprint density at radius 2 is 2.21 bits per heavy atom. The lowest BCUT2D eigenvalue weighted by molar-refractivity contribution is 0.193. The number of carbonyl (C=O) groups excluding carboxylic acids is 1. The number of rotatable bonds is 1. The minimum atomic E-state index is -0.0630. The van der Waals surface area contributed by atoms with Crippen molar-refractivity contribution in [2.24, 2.45) is 0 Å². The van der Waals surface area contributed by atoms with E-state index >= 15 is 0 Å². The highest BCUT2D eigenvalue weighted by molar-refractivity contribution is 5.74. The number of fused-ring (bicyclic) bond motifs is 3. The maximum Gasteiger partial charge on any atom is 0.318 e. The molecule has 0 fully saturated rings. The quantitative estimate of drug-likeness (QED) is 0.838. The van der Waals surface area contributed by atoms with Gasteiger partial charge in [0.25, 0.3) is 0 Å². The Kier molecular flexibility index (Phi) is 2.91. The second-order valence-corrected chi connectivity index (χ2v) is 4.46. The van der Waals surface area contributed by atoms with E-state index in [0.29, 0.717) is 19.6 Å². The molecule has 1 aromatic heterocycles. The lowest BCUT2D eigenvalue weighted by Gasteiger charge is -2.20. The van der Waals surface area contributed by atoms with Gasteiger partial charge in [-0.15, -0.1) is 5.10 Å². The predicted octanol–water partition coefficient (Wildman–Crippen LogP) is 1.31. The van der Waals surface area contributed by atoms with Crippen molar-refractivity contribution in [3.63, 3.8) is 0 Å². The molecule has 0 bridgehead atoms. The highest BCUT2D eigenvalue weighted by Gasteiger charge is 2.22. The Bertz CT molecular complexity index is 607. The molecule has 98 valence electrons. The monoisotopic (exact) mass is 257 g/mol. The van der Waals surface area contributed by atoms with Crippen LogP contribution in [0.5, 0.6) is 0 Å². The zero-order chi connectivity index (χ0) is 13.2. The highest BCUT2D eigenvalue weighted by Crippen LogP contribution is 2.22. The summed E-state index contributed by atoms with van der Waals surface area (Å²) in [4.78, 5) is 13.8. The van der Waals surface area contributed by atoms with E-state index < -0.39 is 0 Å². The Morgan fingerprint density at radius 1 is 1.37 bits per heavy atom. The summed E-state index contributed by atoms with van der Waals surface area (Å²) >= 11 is 0. The van der Waals surface area contributed by atoms with Crippen LogP contribution in [-0.4, -0.2) is 32.5 Å². The first-order valence-corrected chi connectivity index (χ1v) is 6.30. The number of hydrogen-bond acceptors (Lipinski definition) is 3. The molecule has 0 spiro atoms. The summed E-state index contributed by atoms with van der Waals surface area (Å²) in [6, 6.07) is 7.88. The Morgan fingerprint density at radius 3 is 3.05 bits per heavy atom. The molecular formula is C13H15N5O. The number of para-hydroxylation sites is 1. The van der Waals surface area contributed by atoms with Crippen molar-refractivity contribution in [1.29, 1.82) is 0 Å². The molecular weight excluding hydrogens is 242 g/mol. The van der Waals surface area contributed by atoms with Gasteiger partial charge in [-0.25, -0.2) is 9.48 Å². The summed E-state index contributed by atoms with van der Waals surface area (Å²) in [5.74, 6) is 0. The SMILES string of the molecule is CCNC(=O)N1Cc2ccccc2-n2nncc2C1. The molecule has 1 aromatic carbocycles. The molecule has 1 N–H and O–H groups in total. The molecule has 6 nitrogen and oxygen atoms in total. The molecule has 0 unspecified atom stereocenters. The van der Waals surface area contributed by atoms with Crippen LogP contribution in [-0.2, 0) is 13.1 Å². The fourth-order valence-electron chi connectivity index (χ4n) is 2.28. The third-order valence-electron chi connectivity index (χ3n) is 3.17. The zero-order valence-corrected chi connectivity index (χ0v) is 10.7. The number of urea groups is 1. The van der Waals surface area contributed by atoms with Crippen LogP contribution in [0.1, 0.15) is 18.2 Å². The molecule has 19 heavy (non-hydrogen) atoms. The average molecular weight is 257 g/mol. The van der Waals surface area contributed by atoms with Crippen LogP contribution in [0.15, 0.2) is 30.5 Å². The second kappa shape index (κ2) is 4.72. The van der Waals surface area contributed by atoms with Gasteiger partial charge in [0, 0.05) is 13.1 Å². The first kappa shape index (κ1) is 11.7. The van der Waals surface area contributed by atoms with E-state index in [1.165, 1.54) is 0 Å². The van der Waals surface area contributed by atoms with Gasteiger partial charge in [0.05, 0.1) is 24.1 Å². The minimum absolute atomic E-state index is 0.0630. The van der Waals surface area contributed by atoms with Gasteiger partial charge in [-0.3, -0.25) is 0 Å². The van der Waals surface area contributed by atoms with E-state index in [1.54, 1.807) is 15.8 Å². The molecule has 1 aliphatic rings. The summed E-state index contributed by atoms with van der Waals surface area (Å²) < 4.78 is 1.80. The third kappa shape index (κ3) is 2.05. The predicted molar refractivity (Wildman–Crippen MR) is 69.7 cm³/mol. The van der Waals surface area contributed by atoms with Crippen molar-refractivity contribution in [1.82, 2.24) is 25.2 Å². The maximum atomic E-state index is 12.1. The normalized spacial score (nSPS) is 13.4. The number of carbonyl (C=O) groups is 1. The van der Waals surface area contributed by atoms with Crippen LogP contribution >= 0.6 is 0 Å². The summed E-state index contributed by atoms with van der Waals surface area (Å²) in [5, 5.41) is 10.9. The summed E-state index contributed by atoms with van der Waals surface area (Å²) in [7, 11) is 0. The Balaban J connectivity index is 2.03. The molecule has 2 heterocycles. The summed E-state index contributed by atoms with van der Waals surface area (Å²) in [6.07, 6.45) is 1.70. The van der Waals surface area contributed by atoms with Gasteiger partial charge in [-0.2, -0.15) is 0 Å². The van der Waals surface area contributed by atoms with Crippen molar-refractivity contribution in [3.8, 4) is 5.69 Å². The van der Waals surface area contributed by atoms with E-state index in [1.807, 2.05) is 31.2 Å². The van der Waals surface area contributed by atoms with E-state index in [4.69, 9.17) is 0 Å². The van der Waals surface area contributed by atoms with Gasteiger partial charge in [0.1, 0.15) is 0 Å². The Labute approximate surface area is 111 Å². The van der Waals surface area contributed by atoms with Gasteiger partial charge in [0.2, 0.25) is 0 Å². The highest BCUT2D eigenvalue weighted by atomic mass is 16.2. The summed E-state index contributed by atoms with van der Waals surface area (Å²) in [6.45, 7) is 3.61. The van der Waals surface area contributed by atoms with E-state index in [9.17, 15) is 4.79 Å². The van der Waals surface area contributed by atoms with Crippen LogP contribution in [0, 0.1) is 0 Å². The first-order valence-electron chi connectivity index (χ1n) is 6.30. The van der Waals surface area contributed by atoms with Crippen molar-refractivity contribution < 1.29 is 4.79 Å². The minimum Gasteiger partial charge on any atom is -0.338 e. The topological polar surface area (TPSA) is 63.1 Å². The molecule has 2 aromatic rings. The second-order valence-electron chi connectivity index (χ2n) is 4.46. The Hall–Kier alpha value is -2.37. The number of nitrogens with zero attached hydrogens (tertiary/aromatic N) is 4. The molecule has 0 aliphatic carbocycles. The zero-order valence-electron chi connectivity index (χ0n) is 10.7. The number of nitrogens with one attached hydrogen (secondary N) is 1. The molecule has 0 radical (unpaired) electrons. The molecule has 6 heteroatoms. The van der Waals surface area contributed by atoms with Gasteiger partial charge in [-0.1, -0.05) is 23.4 Å². The van der Waals surface area contributed by atoms with Crippen LogP contribution < -0.4 is 5.32 Å². The average Bonchev–Trinajstić information content (AvgIpc) is 2.81. The lowest BCUT2D eigenvalue weighted by Crippen LogP contribution is -2.38. The molecule has 2 amide bonds. The molecule has 1 aliphatic heterocycles. The van der Waals surface area contributed by atoms with Gasteiger partial charge >= 0.3 is 6.03 Å². The van der Waals surface area contributed by atoms with Gasteiger partial charge < -0.3 is 10.2 Å². The fraction of sp³-hybridized carbons (Fsp3) is 0.308. The largest absolute Gasteiger partial charge is 0.338 e. The van der Waals surface area contributed by atoms with Crippen LogP contribution in [0.25, 0.3) is 5.69 Å². The smallest absolute Gasteiger partial charge is 0.318 e.